The molecule has 150 valence electrons. The number of hydrogen-bond acceptors (Lipinski definition) is 6. The van der Waals surface area contributed by atoms with Gasteiger partial charge in [0.05, 0.1) is 6.04 Å². The number of benzene rings is 1. The van der Waals surface area contributed by atoms with E-state index in [4.69, 9.17) is 9.47 Å². The van der Waals surface area contributed by atoms with Crippen molar-refractivity contribution in [3.05, 3.63) is 48.4 Å². The van der Waals surface area contributed by atoms with Crippen LogP contribution in [0.2, 0.25) is 0 Å². The molecule has 1 N–H and O–H groups in total. The number of nitrogens with zero attached hydrogens (tertiary/aromatic N) is 4. The van der Waals surface area contributed by atoms with Gasteiger partial charge < -0.3 is 14.8 Å². The summed E-state index contributed by atoms with van der Waals surface area (Å²) in [5, 5.41) is 11.7. The van der Waals surface area contributed by atoms with Gasteiger partial charge in [0.1, 0.15) is 5.82 Å². The molecule has 8 nitrogen and oxygen atoms in total. The first-order valence-corrected chi connectivity index (χ1v) is 9.93. The zero-order chi connectivity index (χ0) is 19.8. The summed E-state index contributed by atoms with van der Waals surface area (Å²) in [6.45, 7) is 3.87. The summed E-state index contributed by atoms with van der Waals surface area (Å²) < 4.78 is 12.8. The van der Waals surface area contributed by atoms with Crippen LogP contribution >= 0.6 is 0 Å². The van der Waals surface area contributed by atoms with Crippen LogP contribution in [0.25, 0.3) is 5.65 Å². The molecule has 1 aromatic carbocycles. The molecule has 0 unspecified atom stereocenters. The maximum atomic E-state index is 12.7. The molecule has 0 aliphatic carbocycles. The lowest BCUT2D eigenvalue weighted by Crippen LogP contribution is -2.45. The fourth-order valence-electron chi connectivity index (χ4n) is 4.07. The largest absolute Gasteiger partial charge is 0.454 e. The van der Waals surface area contributed by atoms with Gasteiger partial charge in [-0.05, 0) is 57.1 Å². The molecule has 3 aromatic rings. The monoisotopic (exact) mass is 393 g/mol. The average molecular weight is 393 g/mol. The van der Waals surface area contributed by atoms with Crippen molar-refractivity contribution in [3.63, 3.8) is 0 Å². The molecule has 1 amide bonds. The van der Waals surface area contributed by atoms with Crippen LogP contribution in [0.3, 0.4) is 0 Å². The molecule has 0 bridgehead atoms. The van der Waals surface area contributed by atoms with E-state index in [0.29, 0.717) is 17.4 Å². The lowest BCUT2D eigenvalue weighted by Gasteiger charge is -2.34. The zero-order valence-corrected chi connectivity index (χ0v) is 16.2. The SMILES string of the molecule is C[C@H](C(=O)Nc1ccc2c(c1)OCO2)N1CCC(c2nnc3ccccn23)CC1. The second kappa shape index (κ2) is 7.36. The van der Waals surface area contributed by atoms with E-state index in [9.17, 15) is 4.79 Å². The predicted octanol–water partition coefficient (Wildman–Crippen LogP) is 2.66. The number of rotatable bonds is 4. The van der Waals surface area contributed by atoms with E-state index in [1.807, 2.05) is 43.5 Å². The zero-order valence-electron chi connectivity index (χ0n) is 16.2. The second-order valence-corrected chi connectivity index (χ2v) is 7.53. The van der Waals surface area contributed by atoms with Crippen LogP contribution in [-0.4, -0.2) is 51.3 Å². The third kappa shape index (κ3) is 3.40. The summed E-state index contributed by atoms with van der Waals surface area (Å²) in [6.07, 6.45) is 3.92. The number of likely N-dealkylation sites (tertiary alicyclic amines) is 1. The van der Waals surface area contributed by atoms with E-state index < -0.39 is 0 Å². The minimum atomic E-state index is -0.212. The minimum absolute atomic E-state index is 0.0183. The number of hydrogen-bond donors (Lipinski definition) is 1. The molecule has 0 saturated carbocycles. The second-order valence-electron chi connectivity index (χ2n) is 7.53. The topological polar surface area (TPSA) is 81.0 Å². The Bertz CT molecular complexity index is 1040. The molecule has 2 aliphatic rings. The van der Waals surface area contributed by atoms with Crippen molar-refractivity contribution >= 4 is 17.2 Å². The van der Waals surface area contributed by atoms with Gasteiger partial charge in [-0.25, -0.2) is 0 Å². The van der Waals surface area contributed by atoms with Crippen molar-refractivity contribution in [1.82, 2.24) is 19.5 Å². The van der Waals surface area contributed by atoms with Gasteiger partial charge in [0.15, 0.2) is 17.1 Å². The van der Waals surface area contributed by atoms with Gasteiger partial charge in [0.25, 0.3) is 0 Å². The lowest BCUT2D eigenvalue weighted by atomic mass is 9.95. The third-order valence-electron chi connectivity index (χ3n) is 5.80. The van der Waals surface area contributed by atoms with E-state index in [0.717, 1.165) is 43.1 Å². The molecule has 29 heavy (non-hydrogen) atoms. The quantitative estimate of drug-likeness (QED) is 0.734. The molecule has 5 rings (SSSR count). The molecule has 1 fully saturated rings. The summed E-state index contributed by atoms with van der Waals surface area (Å²) >= 11 is 0. The summed E-state index contributed by atoms with van der Waals surface area (Å²) in [5.74, 6) is 2.72. The number of carbonyl (C=O) groups excluding carboxylic acids is 1. The van der Waals surface area contributed by atoms with E-state index in [-0.39, 0.29) is 18.7 Å². The Morgan fingerprint density at radius 1 is 1.14 bits per heavy atom. The van der Waals surface area contributed by atoms with Crippen molar-refractivity contribution in [1.29, 1.82) is 0 Å². The molecular formula is C21H23N5O3. The number of nitrogens with one attached hydrogen (secondary N) is 1. The summed E-state index contributed by atoms with van der Waals surface area (Å²) in [5.41, 5.74) is 1.59. The Balaban J connectivity index is 1.20. The molecule has 1 saturated heterocycles. The fourth-order valence-corrected chi connectivity index (χ4v) is 4.07. The van der Waals surface area contributed by atoms with Crippen molar-refractivity contribution < 1.29 is 14.3 Å². The lowest BCUT2D eigenvalue weighted by molar-refractivity contribution is -0.121. The molecule has 0 radical (unpaired) electrons. The minimum Gasteiger partial charge on any atom is -0.454 e. The number of pyridine rings is 1. The Labute approximate surface area is 168 Å². The predicted molar refractivity (Wildman–Crippen MR) is 107 cm³/mol. The van der Waals surface area contributed by atoms with Crippen LogP contribution in [0.4, 0.5) is 5.69 Å². The molecule has 2 aromatic heterocycles. The van der Waals surface area contributed by atoms with Crippen LogP contribution in [0.15, 0.2) is 42.6 Å². The summed E-state index contributed by atoms with van der Waals surface area (Å²) in [4.78, 5) is 15.0. The van der Waals surface area contributed by atoms with Crippen molar-refractivity contribution in [2.24, 2.45) is 0 Å². The Kier molecular flexibility index (Phi) is 4.55. The molecule has 4 heterocycles. The number of ether oxygens (including phenoxy) is 2. The van der Waals surface area contributed by atoms with Crippen LogP contribution < -0.4 is 14.8 Å². The number of piperidine rings is 1. The summed E-state index contributed by atoms with van der Waals surface area (Å²) in [6, 6.07) is 11.2. The normalized spacial score (nSPS) is 18.1. The van der Waals surface area contributed by atoms with Crippen LogP contribution in [0.5, 0.6) is 11.5 Å². The Morgan fingerprint density at radius 2 is 1.97 bits per heavy atom. The maximum Gasteiger partial charge on any atom is 0.241 e. The molecule has 1 atom stereocenters. The summed E-state index contributed by atoms with van der Waals surface area (Å²) in [7, 11) is 0. The van der Waals surface area contributed by atoms with Crippen LogP contribution in [0, 0.1) is 0 Å². The highest BCUT2D eigenvalue weighted by atomic mass is 16.7. The van der Waals surface area contributed by atoms with Gasteiger partial charge in [0, 0.05) is 23.9 Å². The number of anilines is 1. The molecular weight excluding hydrogens is 370 g/mol. The highest BCUT2D eigenvalue weighted by molar-refractivity contribution is 5.94. The van der Waals surface area contributed by atoms with Gasteiger partial charge in [0.2, 0.25) is 12.7 Å². The van der Waals surface area contributed by atoms with Gasteiger partial charge in [-0.1, -0.05) is 6.07 Å². The Hall–Kier alpha value is -3.13. The molecule has 2 aliphatic heterocycles. The average Bonchev–Trinajstić information content (AvgIpc) is 3.40. The van der Waals surface area contributed by atoms with Crippen LogP contribution in [-0.2, 0) is 4.79 Å². The highest BCUT2D eigenvalue weighted by Gasteiger charge is 2.29. The first-order chi connectivity index (χ1) is 14.2. The van der Waals surface area contributed by atoms with E-state index in [1.165, 1.54) is 0 Å². The number of fused-ring (bicyclic) bond motifs is 2. The number of amides is 1. The fraction of sp³-hybridized carbons (Fsp3) is 0.381. The Morgan fingerprint density at radius 3 is 2.83 bits per heavy atom. The maximum absolute atomic E-state index is 12.7. The van der Waals surface area contributed by atoms with Gasteiger partial charge in [-0.15, -0.1) is 10.2 Å². The first kappa shape index (κ1) is 17.9. The molecule has 0 spiro atoms. The van der Waals surface area contributed by atoms with Gasteiger partial charge in [-0.3, -0.25) is 14.1 Å². The van der Waals surface area contributed by atoms with Crippen LogP contribution in [0.1, 0.15) is 31.5 Å². The highest BCUT2D eigenvalue weighted by Crippen LogP contribution is 2.34. The number of carbonyl (C=O) groups is 1. The van der Waals surface area contributed by atoms with Crippen molar-refractivity contribution in [2.75, 3.05) is 25.2 Å². The van der Waals surface area contributed by atoms with E-state index in [1.54, 1.807) is 6.07 Å². The van der Waals surface area contributed by atoms with Crippen molar-refractivity contribution in [2.45, 2.75) is 31.7 Å². The van der Waals surface area contributed by atoms with E-state index in [2.05, 4.69) is 24.8 Å². The molecule has 8 heteroatoms. The van der Waals surface area contributed by atoms with E-state index >= 15 is 0 Å². The van der Waals surface area contributed by atoms with Gasteiger partial charge >= 0.3 is 0 Å². The first-order valence-electron chi connectivity index (χ1n) is 9.93. The van der Waals surface area contributed by atoms with Crippen molar-refractivity contribution in [3.8, 4) is 11.5 Å². The van der Waals surface area contributed by atoms with Gasteiger partial charge in [-0.2, -0.15) is 0 Å². The smallest absolute Gasteiger partial charge is 0.241 e. The third-order valence-corrected chi connectivity index (χ3v) is 5.80. The standard InChI is InChI=1S/C21H23N5O3/c1-14(21(27)22-16-5-6-17-18(12-16)29-13-28-17)25-10-7-15(8-11-25)20-24-23-19-4-2-3-9-26(19)20/h2-6,9,12,14-15H,7-8,10-11,13H2,1H3,(H,22,27)/t14-/m1/s1. The number of aromatic nitrogens is 3.